The molecule has 2 unspecified atom stereocenters. The smallest absolute Gasteiger partial charge is 0.119 e. The van der Waals surface area contributed by atoms with Crippen molar-refractivity contribution in [3.63, 3.8) is 0 Å². The van der Waals surface area contributed by atoms with E-state index in [2.05, 4.69) is 6.07 Å². The number of hydrogen-bond acceptors (Lipinski definition) is 3. The highest BCUT2D eigenvalue weighted by Crippen LogP contribution is 2.34. The highest BCUT2D eigenvalue weighted by atomic mass is 32.2. The molecule has 0 radical (unpaired) electrons. The van der Waals surface area contributed by atoms with E-state index in [1.54, 1.807) is 18.9 Å². The lowest BCUT2D eigenvalue weighted by Crippen LogP contribution is -2.26. The Kier molecular flexibility index (Phi) is 4.13. The largest absolute Gasteiger partial charge is 0.497 e. The Hall–Kier alpha value is -0.670. The van der Waals surface area contributed by atoms with E-state index in [1.165, 1.54) is 11.3 Å². The number of rotatable bonds is 3. The molecule has 0 amide bonds. The Labute approximate surface area is 101 Å². The van der Waals surface area contributed by atoms with Gasteiger partial charge in [0.05, 0.1) is 13.2 Å². The molecule has 1 N–H and O–H groups in total. The zero-order chi connectivity index (χ0) is 11.4. The predicted molar refractivity (Wildman–Crippen MR) is 67.1 cm³/mol. The van der Waals surface area contributed by atoms with Crippen molar-refractivity contribution in [3.05, 3.63) is 24.3 Å². The maximum Gasteiger partial charge on any atom is 0.119 e. The minimum absolute atomic E-state index is 0.148. The second kappa shape index (κ2) is 5.60. The van der Waals surface area contributed by atoms with Gasteiger partial charge in [0.1, 0.15) is 5.75 Å². The van der Waals surface area contributed by atoms with E-state index in [0.717, 1.165) is 25.0 Å². The average molecular weight is 238 g/mol. The highest BCUT2D eigenvalue weighted by Gasteiger charge is 2.23. The van der Waals surface area contributed by atoms with Gasteiger partial charge in [0.25, 0.3) is 0 Å². The second-order valence-corrected chi connectivity index (χ2v) is 5.50. The minimum atomic E-state index is -0.148. The van der Waals surface area contributed by atoms with E-state index >= 15 is 0 Å². The van der Waals surface area contributed by atoms with Gasteiger partial charge in [-0.15, -0.1) is 11.8 Å². The van der Waals surface area contributed by atoms with Crippen LogP contribution in [0.25, 0.3) is 0 Å². The van der Waals surface area contributed by atoms with Crippen LogP contribution in [-0.4, -0.2) is 23.6 Å². The van der Waals surface area contributed by atoms with Crippen molar-refractivity contribution in [2.75, 3.05) is 7.11 Å². The first-order chi connectivity index (χ1) is 7.79. The Balaban J connectivity index is 2.01. The normalized spacial score (nSPS) is 25.4. The van der Waals surface area contributed by atoms with Crippen molar-refractivity contribution in [1.29, 1.82) is 0 Å². The molecule has 3 heteroatoms. The number of benzene rings is 1. The van der Waals surface area contributed by atoms with E-state index in [-0.39, 0.29) is 6.10 Å². The van der Waals surface area contributed by atoms with Crippen LogP contribution in [0.15, 0.2) is 29.2 Å². The molecule has 0 saturated heterocycles. The van der Waals surface area contributed by atoms with Gasteiger partial charge < -0.3 is 9.84 Å². The molecule has 2 atom stereocenters. The zero-order valence-corrected chi connectivity index (χ0v) is 10.4. The van der Waals surface area contributed by atoms with Crippen molar-refractivity contribution in [3.8, 4) is 5.75 Å². The molecular weight excluding hydrogens is 220 g/mol. The van der Waals surface area contributed by atoms with Crippen LogP contribution in [0, 0.1) is 0 Å². The van der Waals surface area contributed by atoms with E-state index in [0.29, 0.717) is 5.25 Å². The van der Waals surface area contributed by atoms with E-state index in [4.69, 9.17) is 4.74 Å². The molecule has 0 aliphatic heterocycles. The molecule has 1 aromatic rings. The van der Waals surface area contributed by atoms with E-state index in [1.807, 2.05) is 18.2 Å². The fourth-order valence-corrected chi connectivity index (χ4v) is 3.33. The van der Waals surface area contributed by atoms with Gasteiger partial charge in [-0.05, 0) is 31.0 Å². The Morgan fingerprint density at radius 2 is 2.12 bits per heavy atom. The molecule has 88 valence electrons. The molecule has 0 aromatic heterocycles. The fourth-order valence-electron chi connectivity index (χ4n) is 2.06. The summed E-state index contributed by atoms with van der Waals surface area (Å²) in [5.74, 6) is 0.885. The molecule has 1 saturated carbocycles. The summed E-state index contributed by atoms with van der Waals surface area (Å²) >= 11 is 1.77. The summed E-state index contributed by atoms with van der Waals surface area (Å²) in [6.07, 6.45) is 4.31. The monoisotopic (exact) mass is 238 g/mol. The molecular formula is C13H18O2S. The van der Waals surface area contributed by atoms with Crippen LogP contribution in [0.3, 0.4) is 0 Å². The summed E-state index contributed by atoms with van der Waals surface area (Å²) in [6, 6.07) is 8.05. The van der Waals surface area contributed by atoms with Gasteiger partial charge in [-0.2, -0.15) is 0 Å². The summed E-state index contributed by atoms with van der Waals surface area (Å²) in [7, 11) is 1.68. The van der Waals surface area contributed by atoms with Crippen LogP contribution in [0.4, 0.5) is 0 Å². The number of thioether (sulfide) groups is 1. The Morgan fingerprint density at radius 3 is 2.88 bits per heavy atom. The van der Waals surface area contributed by atoms with Gasteiger partial charge in [-0.25, -0.2) is 0 Å². The molecule has 16 heavy (non-hydrogen) atoms. The predicted octanol–water partition coefficient (Wildman–Crippen LogP) is 3.09. The number of methoxy groups -OCH3 is 1. The number of hydrogen-bond donors (Lipinski definition) is 1. The lowest BCUT2D eigenvalue weighted by atomic mass is 9.97. The van der Waals surface area contributed by atoms with E-state index in [9.17, 15) is 5.11 Å². The van der Waals surface area contributed by atoms with Crippen molar-refractivity contribution in [2.24, 2.45) is 0 Å². The van der Waals surface area contributed by atoms with Crippen LogP contribution in [0.5, 0.6) is 5.75 Å². The standard InChI is InChI=1S/C13H18O2S/c1-15-10-5-4-6-11(9-10)16-13-8-3-2-7-12(13)14/h4-6,9,12-14H,2-3,7-8H2,1H3. The lowest BCUT2D eigenvalue weighted by molar-refractivity contribution is 0.137. The van der Waals surface area contributed by atoms with Crippen molar-refractivity contribution < 1.29 is 9.84 Å². The third-order valence-corrected chi connectivity index (χ3v) is 4.38. The first-order valence-corrected chi connectivity index (χ1v) is 6.66. The van der Waals surface area contributed by atoms with Gasteiger partial charge in [-0.1, -0.05) is 18.9 Å². The zero-order valence-electron chi connectivity index (χ0n) is 9.56. The van der Waals surface area contributed by atoms with Crippen LogP contribution in [0.2, 0.25) is 0 Å². The van der Waals surface area contributed by atoms with Gasteiger partial charge in [0, 0.05) is 10.1 Å². The maximum atomic E-state index is 9.90. The number of ether oxygens (including phenoxy) is 1. The van der Waals surface area contributed by atoms with Crippen molar-refractivity contribution in [1.82, 2.24) is 0 Å². The summed E-state index contributed by atoms with van der Waals surface area (Å²) in [5.41, 5.74) is 0. The summed E-state index contributed by atoms with van der Waals surface area (Å²) in [4.78, 5) is 1.19. The fraction of sp³-hybridized carbons (Fsp3) is 0.538. The van der Waals surface area contributed by atoms with Gasteiger partial charge >= 0.3 is 0 Å². The third kappa shape index (κ3) is 2.92. The molecule has 1 aliphatic rings. The van der Waals surface area contributed by atoms with Crippen LogP contribution < -0.4 is 4.74 Å². The van der Waals surface area contributed by atoms with Crippen LogP contribution in [0.1, 0.15) is 25.7 Å². The van der Waals surface area contributed by atoms with Crippen LogP contribution in [-0.2, 0) is 0 Å². The second-order valence-electron chi connectivity index (χ2n) is 4.19. The molecule has 1 aliphatic carbocycles. The van der Waals surface area contributed by atoms with Crippen molar-refractivity contribution >= 4 is 11.8 Å². The Bertz CT molecular complexity index is 340. The van der Waals surface area contributed by atoms with Gasteiger partial charge in [-0.3, -0.25) is 0 Å². The topological polar surface area (TPSA) is 29.5 Å². The number of aliphatic hydroxyl groups excluding tert-OH is 1. The SMILES string of the molecule is COc1cccc(SC2CCCCC2O)c1. The molecule has 2 nitrogen and oxygen atoms in total. The highest BCUT2D eigenvalue weighted by molar-refractivity contribution is 8.00. The summed E-state index contributed by atoms with van der Waals surface area (Å²) in [6.45, 7) is 0. The first-order valence-electron chi connectivity index (χ1n) is 5.78. The molecule has 2 rings (SSSR count). The molecule has 1 aromatic carbocycles. The van der Waals surface area contributed by atoms with Crippen molar-refractivity contribution in [2.45, 2.75) is 41.9 Å². The van der Waals surface area contributed by atoms with E-state index < -0.39 is 0 Å². The summed E-state index contributed by atoms with van der Waals surface area (Å²) in [5, 5.41) is 10.3. The lowest BCUT2D eigenvalue weighted by Gasteiger charge is -2.26. The van der Waals surface area contributed by atoms with Gasteiger partial charge in [0.2, 0.25) is 0 Å². The first kappa shape index (κ1) is 11.8. The molecule has 0 spiro atoms. The number of aliphatic hydroxyl groups is 1. The minimum Gasteiger partial charge on any atom is -0.497 e. The maximum absolute atomic E-state index is 9.90. The molecule has 0 bridgehead atoms. The average Bonchev–Trinajstić information content (AvgIpc) is 2.32. The quantitative estimate of drug-likeness (QED) is 0.877. The third-order valence-electron chi connectivity index (χ3n) is 3.00. The van der Waals surface area contributed by atoms with Crippen LogP contribution >= 0.6 is 11.8 Å². The molecule has 1 fully saturated rings. The Morgan fingerprint density at radius 1 is 1.31 bits per heavy atom. The van der Waals surface area contributed by atoms with Gasteiger partial charge in [0.15, 0.2) is 0 Å². The molecule has 0 heterocycles. The summed E-state index contributed by atoms with van der Waals surface area (Å²) < 4.78 is 5.20.